The molecule has 2 aliphatic heterocycles. The van der Waals surface area contributed by atoms with Gasteiger partial charge in [-0.1, -0.05) is 0 Å². The van der Waals surface area contributed by atoms with Gasteiger partial charge in [-0.25, -0.2) is 9.18 Å². The quantitative estimate of drug-likeness (QED) is 0.910. The Hall–Kier alpha value is -2.15. The lowest BCUT2D eigenvalue weighted by molar-refractivity contribution is -0.0336. The number of nitrogens with zero attached hydrogens (tertiary/aromatic N) is 2. The van der Waals surface area contributed by atoms with Gasteiger partial charge in [-0.15, -0.1) is 0 Å². The van der Waals surface area contributed by atoms with Crippen LogP contribution in [0.1, 0.15) is 37.0 Å². The second-order valence-electron chi connectivity index (χ2n) is 7.14. The molecule has 3 heterocycles. The SMILES string of the molecule is CC(C)Oc1cc2nn(C34COC(CF)(C3)C4)cc2cc1C(=O)O. The number of alkyl halides is 1. The summed E-state index contributed by atoms with van der Waals surface area (Å²) in [6.07, 6.45) is 2.89. The molecule has 7 heteroatoms. The molecule has 3 aliphatic rings. The highest BCUT2D eigenvalue weighted by Crippen LogP contribution is 2.56. The van der Waals surface area contributed by atoms with E-state index in [1.807, 2.05) is 24.7 Å². The molecule has 0 atom stereocenters. The normalized spacial score (nSPS) is 28.3. The van der Waals surface area contributed by atoms with E-state index in [0.29, 0.717) is 30.7 Å². The number of rotatable bonds is 5. The topological polar surface area (TPSA) is 73.6 Å². The van der Waals surface area contributed by atoms with Gasteiger partial charge in [0.1, 0.15) is 23.6 Å². The fourth-order valence-corrected chi connectivity index (χ4v) is 3.81. The molecule has 0 radical (unpaired) electrons. The molecule has 2 bridgehead atoms. The number of aromatic carboxylic acids is 1. The molecule has 1 aromatic carbocycles. The molecule has 1 N–H and O–H groups in total. The van der Waals surface area contributed by atoms with E-state index in [9.17, 15) is 14.3 Å². The van der Waals surface area contributed by atoms with Gasteiger partial charge in [-0.3, -0.25) is 4.68 Å². The molecule has 3 fully saturated rings. The van der Waals surface area contributed by atoms with Crippen LogP contribution in [0.5, 0.6) is 5.75 Å². The molecule has 5 rings (SSSR count). The van der Waals surface area contributed by atoms with Crippen LogP contribution in [0.25, 0.3) is 10.9 Å². The first-order valence-corrected chi connectivity index (χ1v) is 8.00. The average molecular weight is 334 g/mol. The lowest BCUT2D eigenvalue weighted by Gasteiger charge is -2.42. The molecule has 128 valence electrons. The third-order valence-electron chi connectivity index (χ3n) is 4.88. The Bertz CT molecular complexity index is 823. The number of halogens is 1. The highest BCUT2D eigenvalue weighted by Gasteiger charge is 2.64. The van der Waals surface area contributed by atoms with E-state index in [1.165, 1.54) is 0 Å². The first-order chi connectivity index (χ1) is 11.4. The number of fused-ring (bicyclic) bond motifs is 2. The summed E-state index contributed by atoms with van der Waals surface area (Å²) in [5.74, 6) is -0.732. The van der Waals surface area contributed by atoms with Crippen molar-refractivity contribution in [1.29, 1.82) is 0 Å². The third-order valence-corrected chi connectivity index (χ3v) is 4.88. The predicted molar refractivity (Wildman–Crippen MR) is 84.3 cm³/mol. The first-order valence-electron chi connectivity index (χ1n) is 8.00. The van der Waals surface area contributed by atoms with Crippen molar-refractivity contribution in [2.75, 3.05) is 13.3 Å². The van der Waals surface area contributed by atoms with E-state index in [2.05, 4.69) is 5.10 Å². The van der Waals surface area contributed by atoms with Crippen LogP contribution in [0.2, 0.25) is 0 Å². The summed E-state index contributed by atoms with van der Waals surface area (Å²) < 4.78 is 26.1. The maximum Gasteiger partial charge on any atom is 0.339 e. The zero-order valence-electron chi connectivity index (χ0n) is 13.6. The number of ether oxygens (including phenoxy) is 2. The second kappa shape index (κ2) is 4.92. The molecule has 24 heavy (non-hydrogen) atoms. The van der Waals surface area contributed by atoms with Crippen LogP contribution >= 0.6 is 0 Å². The minimum absolute atomic E-state index is 0.114. The average Bonchev–Trinajstić information content (AvgIpc) is 3.15. The molecule has 1 saturated carbocycles. The molecule has 2 saturated heterocycles. The Labute approximate surface area is 138 Å². The fraction of sp³-hybridized carbons (Fsp3) is 0.529. The molecule has 1 aliphatic carbocycles. The van der Waals surface area contributed by atoms with Gasteiger partial charge in [0.15, 0.2) is 0 Å². The number of aromatic nitrogens is 2. The lowest BCUT2D eigenvalue weighted by atomic mass is 9.69. The molecule has 0 amide bonds. The lowest BCUT2D eigenvalue weighted by Crippen LogP contribution is -2.52. The van der Waals surface area contributed by atoms with Crippen LogP contribution in [0.15, 0.2) is 18.3 Å². The van der Waals surface area contributed by atoms with Crippen molar-refractivity contribution in [1.82, 2.24) is 9.78 Å². The van der Waals surface area contributed by atoms with Crippen LogP contribution in [0.3, 0.4) is 0 Å². The Morgan fingerprint density at radius 3 is 2.83 bits per heavy atom. The number of benzene rings is 1. The highest BCUT2D eigenvalue weighted by atomic mass is 19.1. The van der Waals surface area contributed by atoms with E-state index < -0.39 is 18.2 Å². The van der Waals surface area contributed by atoms with Gasteiger partial charge in [-0.2, -0.15) is 5.10 Å². The smallest absolute Gasteiger partial charge is 0.339 e. The van der Waals surface area contributed by atoms with Crippen LogP contribution in [0, 0.1) is 0 Å². The van der Waals surface area contributed by atoms with Gasteiger partial charge in [0.05, 0.1) is 23.8 Å². The fourth-order valence-electron chi connectivity index (χ4n) is 3.81. The summed E-state index contributed by atoms with van der Waals surface area (Å²) in [6, 6.07) is 3.23. The number of carboxylic acids is 1. The summed E-state index contributed by atoms with van der Waals surface area (Å²) in [6.45, 7) is 3.64. The van der Waals surface area contributed by atoms with Crippen molar-refractivity contribution in [2.45, 2.75) is 43.9 Å². The Morgan fingerprint density at radius 1 is 1.50 bits per heavy atom. The van der Waals surface area contributed by atoms with E-state index in [4.69, 9.17) is 9.47 Å². The summed E-state index contributed by atoms with van der Waals surface area (Å²) in [5.41, 5.74) is -0.179. The predicted octanol–water partition coefficient (Wildman–Crippen LogP) is 2.75. The number of hydrogen-bond donors (Lipinski definition) is 1. The number of carboxylic acid groups (broad SMARTS) is 1. The van der Waals surface area contributed by atoms with Crippen molar-refractivity contribution >= 4 is 16.9 Å². The third kappa shape index (κ3) is 2.11. The molecule has 2 aromatic rings. The van der Waals surface area contributed by atoms with E-state index in [-0.39, 0.29) is 17.2 Å². The second-order valence-corrected chi connectivity index (χ2v) is 7.14. The zero-order valence-corrected chi connectivity index (χ0v) is 13.6. The van der Waals surface area contributed by atoms with Crippen molar-refractivity contribution in [2.24, 2.45) is 0 Å². The summed E-state index contributed by atoms with van der Waals surface area (Å²) in [7, 11) is 0. The van der Waals surface area contributed by atoms with Crippen molar-refractivity contribution < 1.29 is 23.8 Å². The van der Waals surface area contributed by atoms with E-state index in [1.54, 1.807) is 12.1 Å². The van der Waals surface area contributed by atoms with Crippen LogP contribution < -0.4 is 4.74 Å². The van der Waals surface area contributed by atoms with Gasteiger partial charge in [-0.05, 0) is 19.9 Å². The van der Waals surface area contributed by atoms with Gasteiger partial charge < -0.3 is 14.6 Å². The van der Waals surface area contributed by atoms with Gasteiger partial charge in [0.25, 0.3) is 0 Å². The Kier molecular flexibility index (Phi) is 3.16. The van der Waals surface area contributed by atoms with E-state index >= 15 is 0 Å². The van der Waals surface area contributed by atoms with Crippen LogP contribution in [-0.2, 0) is 10.3 Å². The van der Waals surface area contributed by atoms with Crippen molar-refractivity contribution in [3.63, 3.8) is 0 Å². The standard InChI is InChI=1S/C17H19FN2O4/c1-10(2)24-14-4-13-11(3-12(14)15(21)22)5-20(19-13)16-6-17(7-16,8-18)23-9-16/h3-5,10H,6-9H2,1-2H3,(H,21,22). The monoisotopic (exact) mass is 334 g/mol. The molecule has 0 spiro atoms. The van der Waals surface area contributed by atoms with Crippen LogP contribution in [0.4, 0.5) is 4.39 Å². The molecular weight excluding hydrogens is 315 g/mol. The molecule has 6 nitrogen and oxygen atoms in total. The minimum Gasteiger partial charge on any atom is -0.490 e. The van der Waals surface area contributed by atoms with E-state index in [0.717, 1.165) is 5.39 Å². The molecule has 0 unspecified atom stereocenters. The van der Waals surface area contributed by atoms with Crippen molar-refractivity contribution in [3.8, 4) is 5.75 Å². The van der Waals surface area contributed by atoms with Gasteiger partial charge in [0.2, 0.25) is 0 Å². The summed E-state index contributed by atoms with van der Waals surface area (Å²) in [5, 5.41) is 14.7. The molecular formula is C17H19FN2O4. The van der Waals surface area contributed by atoms with Gasteiger partial charge >= 0.3 is 5.97 Å². The maximum absolute atomic E-state index is 13.1. The summed E-state index contributed by atoms with van der Waals surface area (Å²) in [4.78, 5) is 11.5. The largest absolute Gasteiger partial charge is 0.490 e. The number of carbonyl (C=O) groups is 1. The Balaban J connectivity index is 1.75. The van der Waals surface area contributed by atoms with Crippen molar-refractivity contribution in [3.05, 3.63) is 23.9 Å². The zero-order chi connectivity index (χ0) is 17.1. The van der Waals surface area contributed by atoms with Gasteiger partial charge in [0, 0.05) is 30.5 Å². The van der Waals surface area contributed by atoms with Crippen LogP contribution in [-0.4, -0.2) is 45.8 Å². The first kappa shape index (κ1) is 15.4. The minimum atomic E-state index is -1.04. The number of hydrogen-bond acceptors (Lipinski definition) is 4. The maximum atomic E-state index is 13.1. The highest BCUT2D eigenvalue weighted by molar-refractivity contribution is 5.96. The summed E-state index contributed by atoms with van der Waals surface area (Å²) >= 11 is 0. The molecule has 1 aromatic heterocycles. The Morgan fingerprint density at radius 2 is 2.25 bits per heavy atom.